The molecule has 2 aromatic rings. The summed E-state index contributed by atoms with van der Waals surface area (Å²) in [6.07, 6.45) is 1.74. The van der Waals surface area contributed by atoms with E-state index in [2.05, 4.69) is 4.98 Å². The second kappa shape index (κ2) is 5.45. The van der Waals surface area contributed by atoms with Crippen LogP contribution in [-0.4, -0.2) is 17.6 Å². The van der Waals surface area contributed by atoms with Gasteiger partial charge in [-0.25, -0.2) is 4.79 Å². The summed E-state index contributed by atoms with van der Waals surface area (Å²) in [5.41, 5.74) is 3.26. The normalized spacial score (nSPS) is 10.1. The molecule has 0 amide bonds. The molecule has 0 N–H and O–H groups in total. The fourth-order valence-corrected chi connectivity index (χ4v) is 1.78. The molecule has 18 heavy (non-hydrogen) atoms. The maximum atomic E-state index is 11.9. The van der Waals surface area contributed by atoms with Crippen LogP contribution in [-0.2, 0) is 4.74 Å². The van der Waals surface area contributed by atoms with Crippen molar-refractivity contribution in [3.8, 4) is 11.3 Å². The molecule has 0 saturated carbocycles. The van der Waals surface area contributed by atoms with Crippen molar-refractivity contribution >= 4 is 5.97 Å². The monoisotopic (exact) mass is 241 g/mol. The molecule has 92 valence electrons. The van der Waals surface area contributed by atoms with Gasteiger partial charge in [0, 0.05) is 11.8 Å². The van der Waals surface area contributed by atoms with Gasteiger partial charge in [0.25, 0.3) is 0 Å². The van der Waals surface area contributed by atoms with Crippen LogP contribution in [0, 0.1) is 6.92 Å². The third-order valence-corrected chi connectivity index (χ3v) is 2.61. The van der Waals surface area contributed by atoms with E-state index in [0.29, 0.717) is 12.2 Å². The molecule has 1 aromatic heterocycles. The largest absolute Gasteiger partial charge is 0.462 e. The Morgan fingerprint density at radius 2 is 2.06 bits per heavy atom. The summed E-state index contributed by atoms with van der Waals surface area (Å²) in [5.74, 6) is -0.309. The van der Waals surface area contributed by atoms with Crippen LogP contribution in [0.1, 0.15) is 22.8 Å². The summed E-state index contributed by atoms with van der Waals surface area (Å²) in [4.78, 5) is 16.2. The van der Waals surface area contributed by atoms with E-state index in [9.17, 15) is 4.79 Å². The maximum absolute atomic E-state index is 11.9. The molecule has 0 aliphatic rings. The van der Waals surface area contributed by atoms with Crippen LogP contribution < -0.4 is 0 Å². The van der Waals surface area contributed by atoms with E-state index < -0.39 is 0 Å². The first-order valence-corrected chi connectivity index (χ1v) is 5.91. The molecule has 3 nitrogen and oxygen atoms in total. The van der Waals surface area contributed by atoms with Gasteiger partial charge in [-0.1, -0.05) is 18.2 Å². The first kappa shape index (κ1) is 12.3. The molecule has 0 fully saturated rings. The summed E-state index contributed by atoms with van der Waals surface area (Å²) in [6, 6.07) is 11.2. The third-order valence-electron chi connectivity index (χ3n) is 2.61. The average molecular weight is 241 g/mol. The number of aromatic nitrogens is 1. The van der Waals surface area contributed by atoms with Crippen molar-refractivity contribution in [1.29, 1.82) is 0 Å². The SMILES string of the molecule is CCOC(=O)c1ccccc1-c1cc(C)ccn1. The van der Waals surface area contributed by atoms with E-state index in [1.165, 1.54) is 0 Å². The Morgan fingerprint density at radius 1 is 1.28 bits per heavy atom. The highest BCUT2D eigenvalue weighted by Crippen LogP contribution is 2.23. The van der Waals surface area contributed by atoms with Gasteiger partial charge in [-0.05, 0) is 37.6 Å². The van der Waals surface area contributed by atoms with Gasteiger partial charge in [0.15, 0.2) is 0 Å². The number of esters is 1. The minimum Gasteiger partial charge on any atom is -0.462 e. The molecule has 1 heterocycles. The number of hydrogen-bond donors (Lipinski definition) is 0. The summed E-state index contributed by atoms with van der Waals surface area (Å²) in [5, 5.41) is 0. The van der Waals surface area contributed by atoms with E-state index >= 15 is 0 Å². The molecular weight excluding hydrogens is 226 g/mol. The second-order valence-corrected chi connectivity index (χ2v) is 3.98. The number of pyridine rings is 1. The predicted octanol–water partition coefficient (Wildman–Crippen LogP) is 3.23. The third kappa shape index (κ3) is 2.56. The first-order chi connectivity index (χ1) is 8.72. The predicted molar refractivity (Wildman–Crippen MR) is 70.4 cm³/mol. The lowest BCUT2D eigenvalue weighted by molar-refractivity contribution is 0.0527. The van der Waals surface area contributed by atoms with Crippen molar-refractivity contribution in [2.45, 2.75) is 13.8 Å². The Kier molecular flexibility index (Phi) is 3.72. The van der Waals surface area contributed by atoms with Crippen molar-refractivity contribution in [2.24, 2.45) is 0 Å². The highest BCUT2D eigenvalue weighted by Gasteiger charge is 2.13. The summed E-state index contributed by atoms with van der Waals surface area (Å²) in [7, 11) is 0. The van der Waals surface area contributed by atoms with Crippen LogP contribution in [0.3, 0.4) is 0 Å². The van der Waals surface area contributed by atoms with E-state index in [-0.39, 0.29) is 5.97 Å². The van der Waals surface area contributed by atoms with Gasteiger partial charge in [-0.3, -0.25) is 4.98 Å². The lowest BCUT2D eigenvalue weighted by atomic mass is 10.0. The van der Waals surface area contributed by atoms with Crippen molar-refractivity contribution in [2.75, 3.05) is 6.61 Å². The van der Waals surface area contributed by atoms with E-state index in [4.69, 9.17) is 4.74 Å². The smallest absolute Gasteiger partial charge is 0.338 e. The molecule has 0 atom stereocenters. The Morgan fingerprint density at radius 3 is 2.78 bits per heavy atom. The maximum Gasteiger partial charge on any atom is 0.338 e. The fraction of sp³-hybridized carbons (Fsp3) is 0.200. The number of hydrogen-bond acceptors (Lipinski definition) is 3. The van der Waals surface area contributed by atoms with Crippen LogP contribution in [0.4, 0.5) is 0 Å². The van der Waals surface area contributed by atoms with Gasteiger partial charge in [0.2, 0.25) is 0 Å². The van der Waals surface area contributed by atoms with E-state index in [0.717, 1.165) is 16.8 Å². The van der Waals surface area contributed by atoms with Crippen molar-refractivity contribution in [3.05, 3.63) is 53.7 Å². The Bertz CT molecular complexity index is 564. The van der Waals surface area contributed by atoms with Gasteiger partial charge in [-0.2, -0.15) is 0 Å². The molecule has 2 rings (SSSR count). The minimum absolute atomic E-state index is 0.309. The minimum atomic E-state index is -0.309. The Balaban J connectivity index is 2.48. The molecule has 0 saturated heterocycles. The van der Waals surface area contributed by atoms with Crippen molar-refractivity contribution in [1.82, 2.24) is 4.98 Å². The lowest BCUT2D eigenvalue weighted by Crippen LogP contribution is -2.06. The van der Waals surface area contributed by atoms with Crippen molar-refractivity contribution in [3.63, 3.8) is 0 Å². The molecule has 0 unspecified atom stereocenters. The molecule has 0 bridgehead atoms. The van der Waals surface area contributed by atoms with Crippen LogP contribution in [0.5, 0.6) is 0 Å². The second-order valence-electron chi connectivity index (χ2n) is 3.98. The fourth-order valence-electron chi connectivity index (χ4n) is 1.78. The summed E-state index contributed by atoms with van der Waals surface area (Å²) >= 11 is 0. The van der Waals surface area contributed by atoms with Crippen LogP contribution in [0.15, 0.2) is 42.6 Å². The zero-order chi connectivity index (χ0) is 13.0. The van der Waals surface area contributed by atoms with Gasteiger partial charge in [-0.15, -0.1) is 0 Å². The molecule has 0 aliphatic heterocycles. The van der Waals surface area contributed by atoms with Gasteiger partial charge < -0.3 is 4.74 Å². The number of aryl methyl sites for hydroxylation is 1. The quantitative estimate of drug-likeness (QED) is 0.774. The number of rotatable bonds is 3. The topological polar surface area (TPSA) is 39.2 Å². The molecular formula is C15H15NO2. The van der Waals surface area contributed by atoms with Gasteiger partial charge >= 0.3 is 5.97 Å². The van der Waals surface area contributed by atoms with E-state index in [1.54, 1.807) is 19.2 Å². The number of nitrogens with zero attached hydrogens (tertiary/aromatic N) is 1. The van der Waals surface area contributed by atoms with Crippen molar-refractivity contribution < 1.29 is 9.53 Å². The molecule has 0 radical (unpaired) electrons. The molecule has 1 aromatic carbocycles. The van der Waals surface area contributed by atoms with E-state index in [1.807, 2.05) is 37.3 Å². The lowest BCUT2D eigenvalue weighted by Gasteiger charge is -2.08. The zero-order valence-corrected chi connectivity index (χ0v) is 10.5. The molecule has 0 spiro atoms. The molecule has 3 heteroatoms. The standard InChI is InChI=1S/C15H15NO2/c1-3-18-15(17)13-7-5-4-6-12(13)14-10-11(2)8-9-16-14/h4-10H,3H2,1-2H3. The van der Waals surface area contributed by atoms with Crippen LogP contribution in [0.25, 0.3) is 11.3 Å². The van der Waals surface area contributed by atoms with Gasteiger partial charge in [0.1, 0.15) is 0 Å². The zero-order valence-electron chi connectivity index (χ0n) is 10.5. The van der Waals surface area contributed by atoms with Crippen LogP contribution in [0.2, 0.25) is 0 Å². The highest BCUT2D eigenvalue weighted by atomic mass is 16.5. The number of carbonyl (C=O) groups excluding carboxylic acids is 1. The molecule has 0 aliphatic carbocycles. The first-order valence-electron chi connectivity index (χ1n) is 5.91. The Labute approximate surface area is 106 Å². The van der Waals surface area contributed by atoms with Gasteiger partial charge in [0.05, 0.1) is 17.9 Å². The van der Waals surface area contributed by atoms with Crippen LogP contribution >= 0.6 is 0 Å². The number of benzene rings is 1. The highest BCUT2D eigenvalue weighted by molar-refractivity contribution is 5.96. The number of carbonyl (C=O) groups is 1. The summed E-state index contributed by atoms with van der Waals surface area (Å²) in [6.45, 7) is 4.16. The average Bonchev–Trinajstić information content (AvgIpc) is 2.39. The summed E-state index contributed by atoms with van der Waals surface area (Å²) < 4.78 is 5.05. The number of ether oxygens (including phenoxy) is 1. The Hall–Kier alpha value is -2.16.